The van der Waals surface area contributed by atoms with Crippen LogP contribution in [-0.2, 0) is 14.3 Å². The molecule has 0 fully saturated rings. The third-order valence-electron chi connectivity index (χ3n) is 1.76. The topological polar surface area (TPSA) is 75.6 Å². The Balaban J connectivity index is 3.50. The number of carboxylic acid groups (broad SMARTS) is 1. The number of hydrogen-bond donors (Lipinski definition) is 2. The molecular weight excluding hydrogens is 186 g/mol. The van der Waals surface area contributed by atoms with Crippen LogP contribution in [0.3, 0.4) is 0 Å². The predicted octanol–water partition coefficient (Wildman–Crippen LogP) is 0.250. The average Bonchev–Trinajstić information content (AvgIpc) is 2.12. The van der Waals surface area contributed by atoms with Gasteiger partial charge in [-0.1, -0.05) is 6.92 Å². The highest BCUT2D eigenvalue weighted by Gasteiger charge is 2.14. The number of methoxy groups -OCH3 is 1. The maximum absolute atomic E-state index is 11.1. The highest BCUT2D eigenvalue weighted by atomic mass is 16.5. The fourth-order valence-electron chi connectivity index (χ4n) is 0.882. The van der Waals surface area contributed by atoms with E-state index in [-0.39, 0.29) is 12.3 Å². The molecule has 0 aromatic rings. The highest BCUT2D eigenvalue weighted by molar-refractivity contribution is 5.81. The Hall–Kier alpha value is -1.10. The number of rotatable bonds is 7. The molecule has 14 heavy (non-hydrogen) atoms. The summed E-state index contributed by atoms with van der Waals surface area (Å²) in [6.45, 7) is 2.63. The van der Waals surface area contributed by atoms with E-state index >= 15 is 0 Å². The van der Waals surface area contributed by atoms with Crippen LogP contribution in [0, 0.1) is 5.92 Å². The summed E-state index contributed by atoms with van der Waals surface area (Å²) < 4.78 is 4.80. The summed E-state index contributed by atoms with van der Waals surface area (Å²) in [5.74, 6) is -1.80. The third kappa shape index (κ3) is 6.42. The smallest absolute Gasteiger partial charge is 0.306 e. The minimum atomic E-state index is -0.947. The summed E-state index contributed by atoms with van der Waals surface area (Å²) in [7, 11) is 1.59. The average molecular weight is 203 g/mol. The van der Waals surface area contributed by atoms with Gasteiger partial charge in [-0.2, -0.15) is 0 Å². The zero-order valence-corrected chi connectivity index (χ0v) is 8.58. The van der Waals surface area contributed by atoms with Crippen molar-refractivity contribution in [2.45, 2.75) is 19.8 Å². The van der Waals surface area contributed by atoms with E-state index in [1.54, 1.807) is 7.11 Å². The molecule has 0 radical (unpaired) electrons. The van der Waals surface area contributed by atoms with Gasteiger partial charge < -0.3 is 15.2 Å². The van der Waals surface area contributed by atoms with Gasteiger partial charge in [-0.25, -0.2) is 0 Å². The Bertz CT molecular complexity index is 193. The second kappa shape index (κ2) is 7.32. The molecule has 0 heterocycles. The lowest BCUT2D eigenvalue weighted by Gasteiger charge is -2.07. The molecule has 82 valence electrons. The van der Waals surface area contributed by atoms with Crippen LogP contribution < -0.4 is 5.32 Å². The number of carbonyl (C=O) groups excluding carboxylic acids is 1. The first-order valence-electron chi connectivity index (χ1n) is 4.56. The molecule has 0 bridgehead atoms. The molecule has 0 aliphatic carbocycles. The molecule has 5 nitrogen and oxygen atoms in total. The van der Waals surface area contributed by atoms with Crippen LogP contribution in [0.2, 0.25) is 0 Å². The molecule has 1 unspecified atom stereocenters. The number of nitrogens with one attached hydrogen (secondary N) is 1. The first-order chi connectivity index (χ1) is 6.57. The quantitative estimate of drug-likeness (QED) is 0.581. The van der Waals surface area contributed by atoms with Crippen molar-refractivity contribution in [2.75, 3.05) is 20.3 Å². The second-order valence-corrected chi connectivity index (χ2v) is 3.14. The maximum atomic E-state index is 11.1. The molecule has 0 aliphatic heterocycles. The van der Waals surface area contributed by atoms with E-state index in [1.165, 1.54) is 6.92 Å². The minimum absolute atomic E-state index is 0.0301. The molecule has 0 spiro atoms. The van der Waals surface area contributed by atoms with Crippen LogP contribution in [0.25, 0.3) is 0 Å². The number of amides is 1. The van der Waals surface area contributed by atoms with Gasteiger partial charge in [0.1, 0.15) is 0 Å². The Morgan fingerprint density at radius 3 is 2.64 bits per heavy atom. The standard InChI is InChI=1S/C9H17NO4/c1-7(9(12)13)6-8(11)10-4-3-5-14-2/h7H,3-6H2,1-2H3,(H,10,11)(H,12,13). The lowest BCUT2D eigenvalue weighted by molar-refractivity contribution is -0.143. The van der Waals surface area contributed by atoms with E-state index in [2.05, 4.69) is 5.32 Å². The second-order valence-electron chi connectivity index (χ2n) is 3.14. The van der Waals surface area contributed by atoms with Crippen molar-refractivity contribution in [3.63, 3.8) is 0 Å². The fourth-order valence-corrected chi connectivity index (χ4v) is 0.882. The highest BCUT2D eigenvalue weighted by Crippen LogP contribution is 2.00. The van der Waals surface area contributed by atoms with Crippen molar-refractivity contribution in [3.05, 3.63) is 0 Å². The van der Waals surface area contributed by atoms with Gasteiger partial charge in [-0.05, 0) is 6.42 Å². The van der Waals surface area contributed by atoms with Gasteiger partial charge in [0.25, 0.3) is 0 Å². The number of aliphatic carboxylic acids is 1. The van der Waals surface area contributed by atoms with E-state index in [9.17, 15) is 9.59 Å². The van der Waals surface area contributed by atoms with E-state index < -0.39 is 11.9 Å². The van der Waals surface area contributed by atoms with Crippen LogP contribution >= 0.6 is 0 Å². The summed E-state index contributed by atoms with van der Waals surface area (Å²) in [6.07, 6.45) is 0.770. The largest absolute Gasteiger partial charge is 0.481 e. The fraction of sp³-hybridized carbons (Fsp3) is 0.778. The first kappa shape index (κ1) is 12.9. The summed E-state index contributed by atoms with van der Waals surface area (Å²) in [6, 6.07) is 0. The van der Waals surface area contributed by atoms with Crippen LogP contribution in [-0.4, -0.2) is 37.2 Å². The molecule has 0 rings (SSSR count). The van der Waals surface area contributed by atoms with Crippen LogP contribution in [0.15, 0.2) is 0 Å². The molecule has 0 aromatic carbocycles. The van der Waals surface area contributed by atoms with Gasteiger partial charge in [-0.15, -0.1) is 0 Å². The summed E-state index contributed by atoms with van der Waals surface area (Å²) in [5, 5.41) is 11.2. The Morgan fingerprint density at radius 2 is 2.14 bits per heavy atom. The van der Waals surface area contributed by atoms with E-state index in [1.807, 2.05) is 0 Å². The van der Waals surface area contributed by atoms with Crippen molar-refractivity contribution in [1.29, 1.82) is 0 Å². The van der Waals surface area contributed by atoms with Crippen molar-refractivity contribution >= 4 is 11.9 Å². The van der Waals surface area contributed by atoms with Gasteiger partial charge in [0.2, 0.25) is 5.91 Å². The predicted molar refractivity (Wildman–Crippen MR) is 50.9 cm³/mol. The van der Waals surface area contributed by atoms with E-state index in [0.29, 0.717) is 13.2 Å². The molecule has 5 heteroatoms. The summed E-state index contributed by atoms with van der Waals surface area (Å²) >= 11 is 0. The Kier molecular flexibility index (Phi) is 6.74. The lowest BCUT2D eigenvalue weighted by Crippen LogP contribution is -2.28. The zero-order chi connectivity index (χ0) is 11.0. The van der Waals surface area contributed by atoms with Crippen LogP contribution in [0.4, 0.5) is 0 Å². The van der Waals surface area contributed by atoms with Gasteiger partial charge in [0.05, 0.1) is 5.92 Å². The monoisotopic (exact) mass is 203 g/mol. The molecule has 0 saturated heterocycles. The Labute approximate surface area is 83.4 Å². The van der Waals surface area contributed by atoms with Crippen LogP contribution in [0.1, 0.15) is 19.8 Å². The minimum Gasteiger partial charge on any atom is -0.481 e. The van der Waals surface area contributed by atoms with Crippen LogP contribution in [0.5, 0.6) is 0 Å². The van der Waals surface area contributed by atoms with Crippen molar-refractivity contribution in [3.8, 4) is 0 Å². The summed E-state index contributed by atoms with van der Waals surface area (Å²) in [5.41, 5.74) is 0. The van der Waals surface area contributed by atoms with Gasteiger partial charge >= 0.3 is 5.97 Å². The number of carbonyl (C=O) groups is 2. The molecule has 0 aromatic heterocycles. The number of ether oxygens (including phenoxy) is 1. The first-order valence-corrected chi connectivity index (χ1v) is 4.56. The molecular formula is C9H17NO4. The van der Waals surface area contributed by atoms with Crippen molar-refractivity contribution in [1.82, 2.24) is 5.32 Å². The molecule has 1 atom stereocenters. The SMILES string of the molecule is COCCCNC(=O)CC(C)C(=O)O. The van der Waals surface area contributed by atoms with E-state index in [0.717, 1.165) is 6.42 Å². The molecule has 0 saturated carbocycles. The number of hydrogen-bond acceptors (Lipinski definition) is 3. The van der Waals surface area contributed by atoms with Gasteiger partial charge in [0.15, 0.2) is 0 Å². The lowest BCUT2D eigenvalue weighted by atomic mass is 10.1. The summed E-state index contributed by atoms with van der Waals surface area (Å²) in [4.78, 5) is 21.5. The van der Waals surface area contributed by atoms with Gasteiger partial charge in [-0.3, -0.25) is 9.59 Å². The molecule has 2 N–H and O–H groups in total. The molecule has 1 amide bonds. The van der Waals surface area contributed by atoms with E-state index in [4.69, 9.17) is 9.84 Å². The van der Waals surface area contributed by atoms with Crippen molar-refractivity contribution in [2.24, 2.45) is 5.92 Å². The Morgan fingerprint density at radius 1 is 1.50 bits per heavy atom. The maximum Gasteiger partial charge on any atom is 0.306 e. The third-order valence-corrected chi connectivity index (χ3v) is 1.76. The number of carboxylic acids is 1. The zero-order valence-electron chi connectivity index (χ0n) is 8.58. The van der Waals surface area contributed by atoms with Crippen molar-refractivity contribution < 1.29 is 19.4 Å². The van der Waals surface area contributed by atoms with Gasteiger partial charge in [0, 0.05) is 26.7 Å². The molecule has 0 aliphatic rings. The normalized spacial score (nSPS) is 12.1.